The molecule has 0 radical (unpaired) electrons. The number of rotatable bonds is 3. The summed E-state index contributed by atoms with van der Waals surface area (Å²) in [6.45, 7) is 4.99. The lowest BCUT2D eigenvalue weighted by Crippen LogP contribution is -2.47. The van der Waals surface area contributed by atoms with Crippen LogP contribution in [0.4, 0.5) is 10.5 Å². The van der Waals surface area contributed by atoms with Crippen LogP contribution in [0, 0.1) is 13.8 Å². The molecule has 7 nitrogen and oxygen atoms in total. The van der Waals surface area contributed by atoms with Gasteiger partial charge in [0.25, 0.3) is 5.91 Å². The predicted octanol–water partition coefficient (Wildman–Crippen LogP) is 2.52. The number of hydrogen-bond acceptors (Lipinski definition) is 4. The van der Waals surface area contributed by atoms with E-state index in [9.17, 15) is 9.59 Å². The summed E-state index contributed by atoms with van der Waals surface area (Å²) in [5.41, 5.74) is 3.14. The Morgan fingerprint density at radius 3 is 2.42 bits per heavy atom. The standard InChI is InChI=1S/C19H23N5O2/c1-13-3-5-15(6-4-13)18(25)21-16-8-11-24(12-9-16)19(26)22-17-7-10-20-23-14(17)2/h3-7,10,16H,8-9,11-12H2,1-2H3,(H,21,25)(H,20,22,26). The molecule has 1 aromatic heterocycles. The Hall–Kier alpha value is -2.96. The lowest BCUT2D eigenvalue weighted by atomic mass is 10.0. The highest BCUT2D eigenvalue weighted by Gasteiger charge is 2.24. The summed E-state index contributed by atoms with van der Waals surface area (Å²) in [5.74, 6) is -0.0635. The van der Waals surface area contributed by atoms with E-state index in [4.69, 9.17) is 0 Å². The van der Waals surface area contributed by atoms with Crippen molar-refractivity contribution < 1.29 is 9.59 Å². The fourth-order valence-corrected chi connectivity index (χ4v) is 2.93. The first-order valence-electron chi connectivity index (χ1n) is 8.74. The minimum atomic E-state index is -0.149. The zero-order valence-electron chi connectivity index (χ0n) is 15.0. The summed E-state index contributed by atoms with van der Waals surface area (Å²) in [6, 6.07) is 9.18. The summed E-state index contributed by atoms with van der Waals surface area (Å²) in [5, 5.41) is 13.6. The van der Waals surface area contributed by atoms with Crippen LogP contribution >= 0.6 is 0 Å². The molecule has 26 heavy (non-hydrogen) atoms. The van der Waals surface area contributed by atoms with Gasteiger partial charge in [0.1, 0.15) is 0 Å². The summed E-state index contributed by atoms with van der Waals surface area (Å²) in [4.78, 5) is 26.4. The van der Waals surface area contributed by atoms with E-state index in [-0.39, 0.29) is 18.0 Å². The van der Waals surface area contributed by atoms with E-state index in [0.29, 0.717) is 30.0 Å². The largest absolute Gasteiger partial charge is 0.349 e. The van der Waals surface area contributed by atoms with Crippen LogP contribution in [-0.4, -0.2) is 46.2 Å². The van der Waals surface area contributed by atoms with Crippen molar-refractivity contribution in [2.24, 2.45) is 0 Å². The van der Waals surface area contributed by atoms with E-state index in [2.05, 4.69) is 20.8 Å². The third-order valence-electron chi connectivity index (χ3n) is 4.58. The maximum absolute atomic E-state index is 12.4. The molecule has 136 valence electrons. The van der Waals surface area contributed by atoms with Crippen molar-refractivity contribution in [1.82, 2.24) is 20.4 Å². The van der Waals surface area contributed by atoms with Crippen LogP contribution in [0.5, 0.6) is 0 Å². The number of piperidine rings is 1. The Kier molecular flexibility index (Phi) is 5.46. The Bertz CT molecular complexity index is 783. The highest BCUT2D eigenvalue weighted by atomic mass is 16.2. The molecule has 3 rings (SSSR count). The van der Waals surface area contributed by atoms with E-state index in [0.717, 1.165) is 18.4 Å². The van der Waals surface area contributed by atoms with Crippen LogP contribution in [0.25, 0.3) is 0 Å². The van der Waals surface area contributed by atoms with Crippen molar-refractivity contribution in [1.29, 1.82) is 0 Å². The van der Waals surface area contributed by atoms with Gasteiger partial charge in [-0.15, -0.1) is 0 Å². The van der Waals surface area contributed by atoms with Crippen molar-refractivity contribution >= 4 is 17.6 Å². The van der Waals surface area contributed by atoms with Crippen LogP contribution < -0.4 is 10.6 Å². The smallest absolute Gasteiger partial charge is 0.321 e. The molecule has 0 aliphatic carbocycles. The van der Waals surface area contributed by atoms with Gasteiger partial charge in [0.05, 0.1) is 17.6 Å². The van der Waals surface area contributed by atoms with Crippen molar-refractivity contribution in [2.75, 3.05) is 18.4 Å². The number of nitrogens with zero attached hydrogens (tertiary/aromatic N) is 3. The molecule has 0 spiro atoms. The molecule has 0 unspecified atom stereocenters. The van der Waals surface area contributed by atoms with E-state index >= 15 is 0 Å². The SMILES string of the molecule is Cc1ccc(C(=O)NC2CCN(C(=O)Nc3ccnnc3C)CC2)cc1. The monoisotopic (exact) mass is 353 g/mol. The van der Waals surface area contributed by atoms with Crippen molar-refractivity contribution in [3.8, 4) is 0 Å². The van der Waals surface area contributed by atoms with Crippen LogP contribution in [0.1, 0.15) is 34.5 Å². The summed E-state index contributed by atoms with van der Waals surface area (Å²) < 4.78 is 0. The number of aromatic nitrogens is 2. The molecule has 1 aliphatic heterocycles. The molecule has 7 heteroatoms. The van der Waals surface area contributed by atoms with Crippen molar-refractivity contribution in [2.45, 2.75) is 32.7 Å². The number of carbonyl (C=O) groups excluding carboxylic acids is 2. The molecule has 0 saturated carbocycles. The van der Waals surface area contributed by atoms with Crippen LogP contribution in [0.3, 0.4) is 0 Å². The van der Waals surface area contributed by atoms with Crippen LogP contribution in [-0.2, 0) is 0 Å². The molecular weight excluding hydrogens is 330 g/mol. The molecule has 1 aromatic carbocycles. The van der Waals surface area contributed by atoms with E-state index < -0.39 is 0 Å². The van der Waals surface area contributed by atoms with Gasteiger partial charge in [0.15, 0.2) is 0 Å². The van der Waals surface area contributed by atoms with Crippen LogP contribution in [0.15, 0.2) is 36.5 Å². The topological polar surface area (TPSA) is 87.2 Å². The average molecular weight is 353 g/mol. The van der Waals surface area contributed by atoms with Gasteiger partial charge >= 0.3 is 6.03 Å². The van der Waals surface area contributed by atoms with Gasteiger partial charge in [-0.05, 0) is 44.9 Å². The number of nitrogens with one attached hydrogen (secondary N) is 2. The van der Waals surface area contributed by atoms with Gasteiger partial charge in [0.2, 0.25) is 0 Å². The number of hydrogen-bond donors (Lipinski definition) is 2. The number of carbonyl (C=O) groups is 2. The first-order valence-corrected chi connectivity index (χ1v) is 8.74. The fraction of sp³-hybridized carbons (Fsp3) is 0.368. The first kappa shape index (κ1) is 17.8. The number of benzene rings is 1. The second-order valence-corrected chi connectivity index (χ2v) is 6.56. The molecule has 2 heterocycles. The Balaban J connectivity index is 1.49. The Labute approximate surface area is 152 Å². The van der Waals surface area contributed by atoms with E-state index in [1.165, 1.54) is 0 Å². The highest BCUT2D eigenvalue weighted by Crippen LogP contribution is 2.15. The summed E-state index contributed by atoms with van der Waals surface area (Å²) in [7, 11) is 0. The van der Waals surface area contributed by atoms with E-state index in [1.54, 1.807) is 24.1 Å². The third-order valence-corrected chi connectivity index (χ3v) is 4.58. The minimum absolute atomic E-state index is 0.0635. The second kappa shape index (κ2) is 7.95. The number of anilines is 1. The van der Waals surface area contributed by atoms with Gasteiger partial charge in [-0.2, -0.15) is 10.2 Å². The lowest BCUT2D eigenvalue weighted by molar-refractivity contribution is 0.0919. The number of urea groups is 1. The first-order chi connectivity index (χ1) is 12.5. The van der Waals surface area contributed by atoms with Crippen molar-refractivity contribution in [3.63, 3.8) is 0 Å². The fourth-order valence-electron chi connectivity index (χ4n) is 2.93. The maximum Gasteiger partial charge on any atom is 0.321 e. The molecule has 2 N–H and O–H groups in total. The van der Waals surface area contributed by atoms with Gasteiger partial charge < -0.3 is 15.5 Å². The predicted molar refractivity (Wildman–Crippen MR) is 99.0 cm³/mol. The number of aryl methyl sites for hydroxylation is 2. The van der Waals surface area contributed by atoms with E-state index in [1.807, 2.05) is 31.2 Å². The molecule has 0 atom stereocenters. The van der Waals surface area contributed by atoms with Crippen LogP contribution in [0.2, 0.25) is 0 Å². The lowest BCUT2D eigenvalue weighted by Gasteiger charge is -2.32. The molecule has 1 saturated heterocycles. The molecule has 3 amide bonds. The molecule has 1 aliphatic rings. The van der Waals surface area contributed by atoms with Gasteiger partial charge in [-0.3, -0.25) is 4.79 Å². The maximum atomic E-state index is 12.4. The van der Waals surface area contributed by atoms with Gasteiger partial charge in [0, 0.05) is 24.7 Å². The normalized spacial score (nSPS) is 14.8. The molecular formula is C19H23N5O2. The summed E-state index contributed by atoms with van der Waals surface area (Å²) in [6.07, 6.45) is 3.02. The zero-order chi connectivity index (χ0) is 18.5. The second-order valence-electron chi connectivity index (χ2n) is 6.56. The zero-order valence-corrected chi connectivity index (χ0v) is 15.0. The average Bonchev–Trinajstić information content (AvgIpc) is 2.64. The Morgan fingerprint density at radius 2 is 1.77 bits per heavy atom. The van der Waals surface area contributed by atoms with Gasteiger partial charge in [-0.1, -0.05) is 17.7 Å². The molecule has 2 aromatic rings. The quantitative estimate of drug-likeness (QED) is 0.888. The van der Waals surface area contributed by atoms with Crippen molar-refractivity contribution in [3.05, 3.63) is 53.3 Å². The highest BCUT2D eigenvalue weighted by molar-refractivity contribution is 5.94. The molecule has 1 fully saturated rings. The number of amides is 3. The third kappa shape index (κ3) is 4.36. The number of likely N-dealkylation sites (tertiary alicyclic amines) is 1. The summed E-state index contributed by atoms with van der Waals surface area (Å²) >= 11 is 0. The van der Waals surface area contributed by atoms with Gasteiger partial charge in [-0.25, -0.2) is 4.79 Å². The molecule has 0 bridgehead atoms. The Morgan fingerprint density at radius 1 is 1.08 bits per heavy atom. The minimum Gasteiger partial charge on any atom is -0.349 e.